The lowest BCUT2D eigenvalue weighted by Crippen LogP contribution is -2.20. The summed E-state index contributed by atoms with van der Waals surface area (Å²) in [6.07, 6.45) is 1.60. The van der Waals surface area contributed by atoms with Crippen LogP contribution in [0, 0.1) is 11.6 Å². The van der Waals surface area contributed by atoms with Crippen LogP contribution in [0.5, 0.6) is 0 Å². The second kappa shape index (κ2) is 4.86. The molecule has 0 aliphatic heterocycles. The lowest BCUT2D eigenvalue weighted by Gasteiger charge is -2.17. The molecule has 0 spiro atoms. The number of rotatable bonds is 3. The van der Waals surface area contributed by atoms with Gasteiger partial charge in [0, 0.05) is 17.8 Å². The van der Waals surface area contributed by atoms with Gasteiger partial charge in [0.1, 0.15) is 0 Å². The Kier molecular flexibility index (Phi) is 3.43. The van der Waals surface area contributed by atoms with Crippen molar-refractivity contribution >= 4 is 0 Å². The van der Waals surface area contributed by atoms with E-state index >= 15 is 0 Å². The fraction of sp³-hybridized carbons (Fsp3) is 0.308. The normalized spacial score (nSPS) is 13.0. The van der Waals surface area contributed by atoms with Crippen molar-refractivity contribution in [1.82, 2.24) is 9.78 Å². The largest absolute Gasteiger partial charge is 0.319 e. The molecule has 5 heteroatoms. The monoisotopic (exact) mass is 251 g/mol. The number of hydrogen-bond acceptors (Lipinski definition) is 2. The van der Waals surface area contributed by atoms with E-state index in [9.17, 15) is 8.78 Å². The summed E-state index contributed by atoms with van der Waals surface area (Å²) in [5.41, 5.74) is 6.80. The van der Waals surface area contributed by atoms with Crippen LogP contribution in [0.15, 0.2) is 30.5 Å². The number of halogens is 2. The van der Waals surface area contributed by atoms with Crippen LogP contribution < -0.4 is 5.73 Å². The molecule has 0 aliphatic carbocycles. The first-order chi connectivity index (χ1) is 8.52. The molecule has 3 nitrogen and oxygen atoms in total. The highest BCUT2D eigenvalue weighted by atomic mass is 19.2. The molecular weight excluding hydrogens is 236 g/mol. The van der Waals surface area contributed by atoms with Crippen LogP contribution in [-0.4, -0.2) is 9.78 Å². The predicted molar refractivity (Wildman–Crippen MR) is 65.0 cm³/mol. The van der Waals surface area contributed by atoms with Gasteiger partial charge in [-0.1, -0.05) is 12.1 Å². The van der Waals surface area contributed by atoms with Crippen LogP contribution >= 0.6 is 0 Å². The van der Waals surface area contributed by atoms with Crippen molar-refractivity contribution in [3.05, 3.63) is 53.4 Å². The van der Waals surface area contributed by atoms with Crippen molar-refractivity contribution < 1.29 is 8.78 Å². The third-order valence-corrected chi connectivity index (χ3v) is 2.83. The van der Waals surface area contributed by atoms with Crippen molar-refractivity contribution in [3.63, 3.8) is 0 Å². The Morgan fingerprint density at radius 2 is 1.94 bits per heavy atom. The molecule has 0 radical (unpaired) electrons. The number of nitrogens with two attached hydrogens (primary N) is 1. The Bertz CT molecular complexity index is 549. The smallest absolute Gasteiger partial charge is 0.163 e. The number of nitrogens with zero attached hydrogens (tertiary/aromatic N) is 2. The Hall–Kier alpha value is -1.75. The topological polar surface area (TPSA) is 43.8 Å². The van der Waals surface area contributed by atoms with Gasteiger partial charge in [-0.2, -0.15) is 5.10 Å². The average molecular weight is 251 g/mol. The van der Waals surface area contributed by atoms with E-state index in [1.165, 1.54) is 12.1 Å². The summed E-state index contributed by atoms with van der Waals surface area (Å²) in [5, 5.41) is 4.13. The van der Waals surface area contributed by atoms with Crippen LogP contribution in [0.4, 0.5) is 8.78 Å². The summed E-state index contributed by atoms with van der Waals surface area (Å²) in [4.78, 5) is 0. The lowest BCUT2D eigenvalue weighted by atomic mass is 10.0. The van der Waals surface area contributed by atoms with Crippen molar-refractivity contribution in [2.45, 2.75) is 25.9 Å². The van der Waals surface area contributed by atoms with E-state index in [1.54, 1.807) is 16.9 Å². The maximum absolute atomic E-state index is 13.7. The molecule has 2 rings (SSSR count). The second-order valence-electron chi connectivity index (χ2n) is 4.42. The highest BCUT2D eigenvalue weighted by molar-refractivity contribution is 5.29. The van der Waals surface area contributed by atoms with Gasteiger partial charge in [-0.3, -0.25) is 4.68 Å². The fourth-order valence-electron chi connectivity index (χ4n) is 1.92. The summed E-state index contributed by atoms with van der Waals surface area (Å²) in [6, 6.07) is 5.10. The first kappa shape index (κ1) is 12.7. The minimum atomic E-state index is -0.901. The third kappa shape index (κ3) is 2.13. The van der Waals surface area contributed by atoms with E-state index < -0.39 is 17.7 Å². The zero-order valence-corrected chi connectivity index (χ0v) is 10.3. The van der Waals surface area contributed by atoms with E-state index in [2.05, 4.69) is 5.10 Å². The molecule has 1 aromatic heterocycles. The van der Waals surface area contributed by atoms with Crippen LogP contribution in [0.3, 0.4) is 0 Å². The Morgan fingerprint density at radius 1 is 1.22 bits per heavy atom. The van der Waals surface area contributed by atoms with Crippen molar-refractivity contribution in [2.75, 3.05) is 0 Å². The molecule has 0 fully saturated rings. The Morgan fingerprint density at radius 3 is 2.61 bits per heavy atom. The minimum Gasteiger partial charge on any atom is -0.319 e. The van der Waals surface area contributed by atoms with Crippen LogP contribution in [0.25, 0.3) is 0 Å². The molecule has 0 saturated carbocycles. The molecule has 0 amide bonds. The second-order valence-corrected chi connectivity index (χ2v) is 4.42. The molecule has 1 atom stereocenters. The van der Waals surface area contributed by atoms with Gasteiger partial charge in [-0.15, -0.1) is 0 Å². The van der Waals surface area contributed by atoms with Crippen LogP contribution in [0.1, 0.15) is 37.2 Å². The van der Waals surface area contributed by atoms with Gasteiger partial charge in [0.15, 0.2) is 11.6 Å². The molecule has 1 heterocycles. The highest BCUT2D eigenvalue weighted by Crippen LogP contribution is 2.24. The lowest BCUT2D eigenvalue weighted by molar-refractivity contribution is 0.475. The van der Waals surface area contributed by atoms with E-state index in [0.29, 0.717) is 5.69 Å². The van der Waals surface area contributed by atoms with E-state index in [0.717, 1.165) is 6.07 Å². The van der Waals surface area contributed by atoms with Crippen molar-refractivity contribution in [1.29, 1.82) is 0 Å². The number of aromatic nitrogens is 2. The first-order valence-electron chi connectivity index (χ1n) is 5.75. The molecule has 2 N–H and O–H groups in total. The first-order valence-corrected chi connectivity index (χ1v) is 5.75. The van der Waals surface area contributed by atoms with Crippen molar-refractivity contribution in [3.8, 4) is 0 Å². The predicted octanol–water partition coefficient (Wildman–Crippen LogP) is 2.79. The SMILES string of the molecule is CC(C)n1nccc1C(N)c1cccc(F)c1F. The number of hydrogen-bond donors (Lipinski definition) is 1. The molecule has 0 bridgehead atoms. The van der Waals surface area contributed by atoms with Gasteiger partial charge in [0.2, 0.25) is 0 Å². The molecule has 18 heavy (non-hydrogen) atoms. The van der Waals surface area contributed by atoms with Crippen molar-refractivity contribution in [2.24, 2.45) is 5.73 Å². The maximum atomic E-state index is 13.7. The van der Waals surface area contributed by atoms with E-state index in [-0.39, 0.29) is 11.6 Å². The quantitative estimate of drug-likeness (QED) is 0.911. The number of benzene rings is 1. The molecule has 96 valence electrons. The highest BCUT2D eigenvalue weighted by Gasteiger charge is 2.20. The molecule has 0 aliphatic rings. The minimum absolute atomic E-state index is 0.109. The summed E-state index contributed by atoms with van der Waals surface area (Å²) >= 11 is 0. The van der Waals surface area contributed by atoms with Gasteiger partial charge in [-0.25, -0.2) is 8.78 Å². The zero-order chi connectivity index (χ0) is 13.3. The van der Waals surface area contributed by atoms with Crippen LogP contribution in [-0.2, 0) is 0 Å². The molecule has 0 saturated heterocycles. The van der Waals surface area contributed by atoms with E-state index in [1.807, 2.05) is 13.8 Å². The van der Waals surface area contributed by atoms with Gasteiger partial charge in [0.05, 0.1) is 11.7 Å². The standard InChI is InChI=1S/C13H15F2N3/c1-8(2)18-11(6-7-17-18)13(16)9-4-3-5-10(14)12(9)15/h3-8,13H,16H2,1-2H3. The summed E-state index contributed by atoms with van der Waals surface area (Å²) in [5.74, 6) is -1.79. The summed E-state index contributed by atoms with van der Waals surface area (Å²) in [7, 11) is 0. The van der Waals surface area contributed by atoms with Gasteiger partial charge in [-0.05, 0) is 26.0 Å². The van der Waals surface area contributed by atoms with Gasteiger partial charge >= 0.3 is 0 Å². The Balaban J connectivity index is 2.45. The summed E-state index contributed by atoms with van der Waals surface area (Å²) < 4.78 is 28.6. The van der Waals surface area contributed by atoms with Crippen LogP contribution in [0.2, 0.25) is 0 Å². The van der Waals surface area contributed by atoms with Gasteiger partial charge in [0.25, 0.3) is 0 Å². The third-order valence-electron chi connectivity index (χ3n) is 2.83. The fourth-order valence-corrected chi connectivity index (χ4v) is 1.92. The molecular formula is C13H15F2N3. The molecule has 2 aromatic rings. The molecule has 1 aromatic carbocycles. The Labute approximate surface area is 104 Å². The van der Waals surface area contributed by atoms with Gasteiger partial charge < -0.3 is 5.73 Å². The zero-order valence-electron chi connectivity index (χ0n) is 10.3. The maximum Gasteiger partial charge on any atom is 0.163 e. The molecule has 1 unspecified atom stereocenters. The average Bonchev–Trinajstić information content (AvgIpc) is 2.81. The van der Waals surface area contributed by atoms with E-state index in [4.69, 9.17) is 5.73 Å². The summed E-state index contributed by atoms with van der Waals surface area (Å²) in [6.45, 7) is 3.90.